The summed E-state index contributed by atoms with van der Waals surface area (Å²) in [4.78, 5) is 0. The first kappa shape index (κ1) is 36.5. The molecule has 0 aliphatic carbocycles. The first-order valence-corrected chi connectivity index (χ1v) is 24.0. The Balaban J connectivity index is 1.06. The molecule has 0 atom stereocenters. The van der Waals surface area contributed by atoms with Crippen molar-refractivity contribution in [1.82, 2.24) is 9.13 Å². The van der Waals surface area contributed by atoms with Gasteiger partial charge in [-0.25, -0.2) is 0 Å². The molecule has 13 aromatic rings. The first-order chi connectivity index (χ1) is 31.8. The van der Waals surface area contributed by atoms with Crippen molar-refractivity contribution < 1.29 is 4.42 Å². The van der Waals surface area contributed by atoms with Gasteiger partial charge in [-0.3, -0.25) is 0 Å². The molecule has 0 unspecified atom stereocenters. The van der Waals surface area contributed by atoms with Crippen LogP contribution in [0, 0.1) is 0 Å². The van der Waals surface area contributed by atoms with Gasteiger partial charge in [0.15, 0.2) is 8.07 Å². The fraction of sp³-hybridized carbons (Fsp3) is 0. The van der Waals surface area contributed by atoms with E-state index in [4.69, 9.17) is 4.42 Å². The molecule has 64 heavy (non-hydrogen) atoms. The van der Waals surface area contributed by atoms with Gasteiger partial charge in [-0.2, -0.15) is 0 Å². The van der Waals surface area contributed by atoms with E-state index in [1.54, 1.807) is 0 Å². The molecule has 3 heterocycles. The Morgan fingerprint density at radius 2 is 0.781 bits per heavy atom. The van der Waals surface area contributed by atoms with Crippen molar-refractivity contribution >= 4 is 94.4 Å². The molecule has 300 valence electrons. The summed E-state index contributed by atoms with van der Waals surface area (Å²) in [7, 11) is -2.78. The Morgan fingerprint density at radius 3 is 1.50 bits per heavy atom. The molecule has 0 aliphatic rings. The number of benzene rings is 10. The van der Waals surface area contributed by atoms with E-state index in [1.165, 1.54) is 47.8 Å². The van der Waals surface area contributed by atoms with Gasteiger partial charge in [0.2, 0.25) is 0 Å². The minimum atomic E-state index is -2.78. The highest BCUT2D eigenvalue weighted by molar-refractivity contribution is 7.19. The van der Waals surface area contributed by atoms with E-state index < -0.39 is 8.07 Å². The van der Waals surface area contributed by atoms with Crippen LogP contribution < -0.4 is 20.7 Å². The molecule has 0 spiro atoms. The number of para-hydroxylation sites is 4. The number of aromatic nitrogens is 2. The summed E-state index contributed by atoms with van der Waals surface area (Å²) in [5.41, 5.74) is 11.0. The summed E-state index contributed by atoms with van der Waals surface area (Å²) in [5, 5.41) is 12.6. The molecule has 13 rings (SSSR count). The second-order valence-corrected chi connectivity index (χ2v) is 20.6. The van der Waals surface area contributed by atoms with Gasteiger partial charge in [0.25, 0.3) is 0 Å². The topological polar surface area (TPSA) is 23.0 Å². The average molecular weight is 833 g/mol. The molecule has 3 nitrogen and oxygen atoms in total. The van der Waals surface area contributed by atoms with Crippen LogP contribution in [0.3, 0.4) is 0 Å². The lowest BCUT2D eigenvalue weighted by molar-refractivity contribution is 0.670. The molecule has 0 saturated heterocycles. The van der Waals surface area contributed by atoms with Gasteiger partial charge in [-0.1, -0.05) is 194 Å². The van der Waals surface area contributed by atoms with E-state index >= 15 is 0 Å². The van der Waals surface area contributed by atoms with Crippen LogP contribution in [0.2, 0.25) is 0 Å². The maximum absolute atomic E-state index is 6.62. The maximum Gasteiger partial charge on any atom is 0.179 e. The van der Waals surface area contributed by atoms with Crippen LogP contribution in [0.25, 0.3) is 88.1 Å². The molecule has 0 bridgehead atoms. The lowest BCUT2D eigenvalue weighted by atomic mass is 9.97. The lowest BCUT2D eigenvalue weighted by Crippen LogP contribution is -2.74. The Morgan fingerprint density at radius 1 is 0.297 bits per heavy atom. The van der Waals surface area contributed by atoms with E-state index in [-0.39, 0.29) is 0 Å². The zero-order valence-electron chi connectivity index (χ0n) is 34.9. The zero-order valence-corrected chi connectivity index (χ0v) is 35.9. The smallest absolute Gasteiger partial charge is 0.179 e. The van der Waals surface area contributed by atoms with Gasteiger partial charge in [-0.05, 0) is 74.8 Å². The average Bonchev–Trinajstić information content (AvgIpc) is 4.03. The van der Waals surface area contributed by atoms with E-state index in [9.17, 15) is 0 Å². The summed E-state index contributed by atoms with van der Waals surface area (Å²) in [6, 6.07) is 89.2. The molecular weight excluding hydrogens is 793 g/mol. The largest absolute Gasteiger partial charge is 0.455 e. The van der Waals surface area contributed by atoms with E-state index in [0.29, 0.717) is 0 Å². The van der Waals surface area contributed by atoms with E-state index in [1.807, 2.05) is 6.07 Å². The van der Waals surface area contributed by atoms with Crippen molar-refractivity contribution in [2.45, 2.75) is 0 Å². The summed E-state index contributed by atoms with van der Waals surface area (Å²) >= 11 is 0. The normalized spacial score (nSPS) is 12.1. The van der Waals surface area contributed by atoms with E-state index in [0.717, 1.165) is 61.0 Å². The van der Waals surface area contributed by atoms with Crippen molar-refractivity contribution in [2.24, 2.45) is 0 Å². The number of fused-ring (bicyclic) bond motifs is 9. The molecule has 0 saturated carbocycles. The number of hydrogen-bond acceptors (Lipinski definition) is 1. The molecule has 0 radical (unpaired) electrons. The van der Waals surface area contributed by atoms with Crippen molar-refractivity contribution in [3.05, 3.63) is 243 Å². The summed E-state index contributed by atoms with van der Waals surface area (Å²) in [6.07, 6.45) is 0. The molecule has 0 aliphatic heterocycles. The summed E-state index contributed by atoms with van der Waals surface area (Å²) < 4.78 is 11.6. The fourth-order valence-electron chi connectivity index (χ4n) is 10.8. The molecule has 10 aromatic carbocycles. The highest BCUT2D eigenvalue weighted by Crippen LogP contribution is 2.43. The fourth-order valence-corrected chi connectivity index (χ4v) is 15.6. The monoisotopic (exact) mass is 832 g/mol. The van der Waals surface area contributed by atoms with Crippen LogP contribution in [0.1, 0.15) is 0 Å². The zero-order chi connectivity index (χ0) is 42.2. The molecule has 0 amide bonds. The quantitative estimate of drug-likeness (QED) is 0.116. The van der Waals surface area contributed by atoms with Gasteiger partial charge in [-0.15, -0.1) is 0 Å². The number of furan rings is 1. The predicted molar refractivity (Wildman–Crippen MR) is 271 cm³/mol. The Hall–Kier alpha value is -8.18. The molecular formula is C60H40N2OSi. The van der Waals surface area contributed by atoms with Gasteiger partial charge in [0, 0.05) is 49.3 Å². The first-order valence-electron chi connectivity index (χ1n) is 22.0. The SMILES string of the molecule is c1ccc([Si](c2ccccc2)(c2ccccc2)c2cccc(-n3c4ccccc4c4ccc(-n5c6ccccc6c6c(-c7cccc8c7oc7ccccc78)cccc65)cc43)c2)cc1. The van der Waals surface area contributed by atoms with Gasteiger partial charge in [0.1, 0.15) is 11.2 Å². The number of hydrogen-bond donors (Lipinski definition) is 0. The summed E-state index contributed by atoms with van der Waals surface area (Å²) in [6.45, 7) is 0. The number of rotatable bonds is 7. The Bertz CT molecular complexity index is 3800. The van der Waals surface area contributed by atoms with Crippen LogP contribution in [-0.2, 0) is 0 Å². The van der Waals surface area contributed by atoms with Crippen molar-refractivity contribution in [3.63, 3.8) is 0 Å². The van der Waals surface area contributed by atoms with Crippen LogP contribution in [0.4, 0.5) is 0 Å². The Kier molecular flexibility index (Phi) is 8.23. The molecule has 4 heteroatoms. The molecule has 3 aromatic heterocycles. The number of nitrogens with zero attached hydrogens (tertiary/aromatic N) is 2. The third kappa shape index (κ3) is 5.33. The van der Waals surface area contributed by atoms with Crippen LogP contribution in [-0.4, -0.2) is 17.2 Å². The van der Waals surface area contributed by atoms with Gasteiger partial charge >= 0.3 is 0 Å². The van der Waals surface area contributed by atoms with Crippen LogP contribution >= 0.6 is 0 Å². The second kappa shape index (κ2) is 14.5. The van der Waals surface area contributed by atoms with Crippen LogP contribution in [0.15, 0.2) is 247 Å². The van der Waals surface area contributed by atoms with Gasteiger partial charge < -0.3 is 13.6 Å². The lowest BCUT2D eigenvalue weighted by Gasteiger charge is -2.34. The van der Waals surface area contributed by atoms with Crippen molar-refractivity contribution in [3.8, 4) is 22.5 Å². The Labute approximate surface area is 371 Å². The highest BCUT2D eigenvalue weighted by Gasteiger charge is 2.41. The highest BCUT2D eigenvalue weighted by atomic mass is 28.3. The minimum absolute atomic E-state index is 0.905. The van der Waals surface area contributed by atoms with Crippen LogP contribution in [0.5, 0.6) is 0 Å². The van der Waals surface area contributed by atoms with Crippen molar-refractivity contribution in [2.75, 3.05) is 0 Å². The summed E-state index contributed by atoms with van der Waals surface area (Å²) in [5.74, 6) is 0. The predicted octanol–water partition coefficient (Wildman–Crippen LogP) is 12.8. The molecule has 0 fully saturated rings. The minimum Gasteiger partial charge on any atom is -0.455 e. The second-order valence-electron chi connectivity index (χ2n) is 16.8. The third-order valence-electron chi connectivity index (χ3n) is 13.5. The third-order valence-corrected chi connectivity index (χ3v) is 18.2. The van der Waals surface area contributed by atoms with Crippen molar-refractivity contribution in [1.29, 1.82) is 0 Å². The maximum atomic E-state index is 6.62. The van der Waals surface area contributed by atoms with E-state index in [2.05, 4.69) is 246 Å². The standard InChI is InChI=1S/C60H40N2OSi/c1-4-20-43(21-5-1)64(44-22-6-2-7-23-44,45-24-8-3-9-25-45)46-26-16-19-41(39-46)62-54-33-13-10-27-47(54)48-38-37-42(40-57(48)62)61-55-34-14-11-29-53(55)59-50(30-18-35-56(59)61)52-32-17-31-51-49-28-12-15-36-58(49)63-60(51)52/h1-40H. The van der Waals surface area contributed by atoms with Gasteiger partial charge in [0.05, 0.1) is 22.1 Å². The molecule has 0 N–H and O–H groups in total.